The Bertz CT molecular complexity index is 677. The van der Waals surface area contributed by atoms with Crippen LogP contribution in [-0.2, 0) is 24.2 Å². The lowest BCUT2D eigenvalue weighted by molar-refractivity contribution is 0.0472. The fourth-order valence-electron chi connectivity index (χ4n) is 2.68. The first-order chi connectivity index (χ1) is 10.1. The second-order valence-electron chi connectivity index (χ2n) is 5.31. The molecule has 2 aromatic carbocycles. The van der Waals surface area contributed by atoms with E-state index < -0.39 is 11.8 Å². The average molecular weight is 285 g/mol. The number of rotatable bonds is 3. The van der Waals surface area contributed by atoms with Gasteiger partial charge in [-0.15, -0.1) is 0 Å². The molecule has 4 heteroatoms. The molecular weight excluding hydrogens is 269 g/mol. The van der Waals surface area contributed by atoms with Gasteiger partial charge in [0.25, 0.3) is 0 Å². The predicted octanol–water partition coefficient (Wildman–Crippen LogP) is 3.25. The molecule has 2 N–H and O–H groups in total. The highest BCUT2D eigenvalue weighted by molar-refractivity contribution is 5.90. The largest absolute Gasteiger partial charge is 0.457 e. The molecule has 0 spiro atoms. The van der Waals surface area contributed by atoms with Gasteiger partial charge < -0.3 is 10.5 Å². The van der Waals surface area contributed by atoms with Gasteiger partial charge in [0.05, 0.1) is 5.56 Å². The second-order valence-corrected chi connectivity index (χ2v) is 5.31. The van der Waals surface area contributed by atoms with E-state index in [0.29, 0.717) is 0 Å². The molecule has 0 bridgehead atoms. The minimum absolute atomic E-state index is 0.133. The molecule has 0 aromatic heterocycles. The Kier molecular flexibility index (Phi) is 3.60. The van der Waals surface area contributed by atoms with E-state index in [0.717, 1.165) is 30.5 Å². The third-order valence-electron chi connectivity index (χ3n) is 3.69. The summed E-state index contributed by atoms with van der Waals surface area (Å²) in [6, 6.07) is 9.84. The number of carbonyl (C=O) groups is 1. The molecule has 0 radical (unpaired) electrons. The summed E-state index contributed by atoms with van der Waals surface area (Å²) in [5.74, 6) is -1.11. The summed E-state index contributed by atoms with van der Waals surface area (Å²) in [5.41, 5.74) is 9.52. The molecule has 0 amide bonds. The van der Waals surface area contributed by atoms with Gasteiger partial charge in [-0.1, -0.05) is 18.2 Å². The van der Waals surface area contributed by atoms with E-state index in [2.05, 4.69) is 12.1 Å². The molecule has 0 aliphatic heterocycles. The Labute approximate surface area is 122 Å². The molecule has 0 atom stereocenters. The highest BCUT2D eigenvalue weighted by Crippen LogP contribution is 2.23. The summed E-state index contributed by atoms with van der Waals surface area (Å²) in [6.45, 7) is 0.183. The summed E-state index contributed by atoms with van der Waals surface area (Å²) in [7, 11) is 0. The lowest BCUT2D eigenvalue weighted by Crippen LogP contribution is -2.06. The van der Waals surface area contributed by atoms with Crippen molar-refractivity contribution in [2.45, 2.75) is 25.9 Å². The number of esters is 1. The van der Waals surface area contributed by atoms with E-state index in [1.807, 2.05) is 6.07 Å². The van der Waals surface area contributed by atoms with Crippen molar-refractivity contribution in [3.8, 4) is 0 Å². The van der Waals surface area contributed by atoms with Gasteiger partial charge in [0, 0.05) is 5.69 Å². The molecule has 0 fully saturated rings. The topological polar surface area (TPSA) is 52.3 Å². The first kappa shape index (κ1) is 13.6. The average Bonchev–Trinajstić information content (AvgIpc) is 2.91. The smallest absolute Gasteiger partial charge is 0.338 e. The summed E-state index contributed by atoms with van der Waals surface area (Å²) in [4.78, 5) is 11.9. The molecule has 1 aliphatic rings. The van der Waals surface area contributed by atoms with Crippen molar-refractivity contribution in [1.29, 1.82) is 0 Å². The third-order valence-corrected chi connectivity index (χ3v) is 3.69. The quantitative estimate of drug-likeness (QED) is 0.695. The molecule has 108 valence electrons. The Morgan fingerprint density at radius 1 is 1.14 bits per heavy atom. The minimum Gasteiger partial charge on any atom is -0.457 e. The lowest BCUT2D eigenvalue weighted by atomic mass is 10.1. The monoisotopic (exact) mass is 285 g/mol. The Balaban J connectivity index is 1.68. The van der Waals surface area contributed by atoms with Crippen LogP contribution in [0.1, 0.15) is 33.5 Å². The maximum absolute atomic E-state index is 13.2. The van der Waals surface area contributed by atoms with Crippen molar-refractivity contribution in [3.63, 3.8) is 0 Å². The van der Waals surface area contributed by atoms with E-state index in [4.69, 9.17) is 10.5 Å². The van der Waals surface area contributed by atoms with E-state index in [-0.39, 0.29) is 17.9 Å². The van der Waals surface area contributed by atoms with Gasteiger partial charge in [-0.2, -0.15) is 0 Å². The molecule has 2 aromatic rings. The summed E-state index contributed by atoms with van der Waals surface area (Å²) in [5, 5.41) is 0. The van der Waals surface area contributed by atoms with Crippen molar-refractivity contribution < 1.29 is 13.9 Å². The van der Waals surface area contributed by atoms with Crippen LogP contribution < -0.4 is 5.73 Å². The number of nitrogen functional groups attached to an aromatic ring is 1. The predicted molar refractivity (Wildman–Crippen MR) is 78.4 cm³/mol. The first-order valence-corrected chi connectivity index (χ1v) is 6.96. The number of anilines is 1. The zero-order valence-corrected chi connectivity index (χ0v) is 11.6. The van der Waals surface area contributed by atoms with Crippen LogP contribution in [0.5, 0.6) is 0 Å². The van der Waals surface area contributed by atoms with Crippen LogP contribution in [0.15, 0.2) is 36.4 Å². The maximum atomic E-state index is 13.2. The van der Waals surface area contributed by atoms with E-state index >= 15 is 0 Å². The summed E-state index contributed by atoms with van der Waals surface area (Å²) >= 11 is 0. The molecule has 0 unspecified atom stereocenters. The van der Waals surface area contributed by atoms with Gasteiger partial charge in [0.15, 0.2) is 0 Å². The zero-order valence-electron chi connectivity index (χ0n) is 11.6. The fourth-order valence-corrected chi connectivity index (χ4v) is 2.68. The van der Waals surface area contributed by atoms with Crippen molar-refractivity contribution >= 4 is 11.7 Å². The van der Waals surface area contributed by atoms with Gasteiger partial charge >= 0.3 is 5.97 Å². The van der Waals surface area contributed by atoms with Crippen LogP contribution >= 0.6 is 0 Å². The minimum atomic E-state index is -0.568. The van der Waals surface area contributed by atoms with Gasteiger partial charge in [-0.3, -0.25) is 0 Å². The van der Waals surface area contributed by atoms with Crippen LogP contribution in [-0.4, -0.2) is 5.97 Å². The lowest BCUT2D eigenvalue weighted by Gasteiger charge is -2.07. The highest BCUT2D eigenvalue weighted by atomic mass is 19.1. The van der Waals surface area contributed by atoms with Crippen LogP contribution in [0, 0.1) is 5.82 Å². The Morgan fingerprint density at radius 2 is 1.95 bits per heavy atom. The van der Waals surface area contributed by atoms with Crippen LogP contribution in [0.4, 0.5) is 10.1 Å². The van der Waals surface area contributed by atoms with E-state index in [1.54, 1.807) is 0 Å². The summed E-state index contributed by atoms with van der Waals surface area (Å²) in [6.07, 6.45) is 3.39. The van der Waals surface area contributed by atoms with Crippen LogP contribution in [0.2, 0.25) is 0 Å². The Hall–Kier alpha value is -2.36. The molecule has 1 aliphatic carbocycles. The number of nitrogens with two attached hydrogens (primary N) is 1. The summed E-state index contributed by atoms with van der Waals surface area (Å²) < 4.78 is 18.4. The SMILES string of the molecule is Nc1cc(F)cc(C(=O)OCc2ccc3c(c2)CCC3)c1. The molecule has 0 saturated carbocycles. The Morgan fingerprint density at radius 3 is 2.76 bits per heavy atom. The molecule has 0 heterocycles. The molecular formula is C17H16FNO2. The molecule has 0 saturated heterocycles. The van der Waals surface area contributed by atoms with Crippen molar-refractivity contribution in [3.05, 3.63) is 64.5 Å². The second kappa shape index (κ2) is 5.56. The molecule has 21 heavy (non-hydrogen) atoms. The number of carbonyl (C=O) groups excluding carboxylic acids is 1. The van der Waals surface area contributed by atoms with Gasteiger partial charge in [0.2, 0.25) is 0 Å². The number of halogens is 1. The van der Waals surface area contributed by atoms with E-state index in [9.17, 15) is 9.18 Å². The van der Waals surface area contributed by atoms with Gasteiger partial charge in [-0.25, -0.2) is 9.18 Å². The number of aryl methyl sites for hydroxylation is 2. The molecule has 3 rings (SSSR count). The van der Waals surface area contributed by atoms with Gasteiger partial charge in [-0.05, 0) is 54.2 Å². The highest BCUT2D eigenvalue weighted by Gasteiger charge is 2.13. The fraction of sp³-hybridized carbons (Fsp3) is 0.235. The third kappa shape index (κ3) is 3.05. The van der Waals surface area contributed by atoms with Crippen molar-refractivity contribution in [1.82, 2.24) is 0 Å². The number of ether oxygens (including phenoxy) is 1. The normalized spacial score (nSPS) is 13.0. The van der Waals surface area contributed by atoms with Crippen molar-refractivity contribution in [2.75, 3.05) is 5.73 Å². The number of fused-ring (bicyclic) bond motifs is 1. The number of benzene rings is 2. The van der Waals surface area contributed by atoms with Crippen molar-refractivity contribution in [2.24, 2.45) is 0 Å². The van der Waals surface area contributed by atoms with E-state index in [1.165, 1.54) is 23.6 Å². The molecule has 3 nitrogen and oxygen atoms in total. The van der Waals surface area contributed by atoms with Crippen LogP contribution in [0.25, 0.3) is 0 Å². The number of hydrogen-bond donors (Lipinski definition) is 1. The number of hydrogen-bond acceptors (Lipinski definition) is 3. The zero-order chi connectivity index (χ0) is 14.8. The maximum Gasteiger partial charge on any atom is 0.338 e. The van der Waals surface area contributed by atoms with Gasteiger partial charge in [0.1, 0.15) is 12.4 Å². The first-order valence-electron chi connectivity index (χ1n) is 6.96. The standard InChI is InChI=1S/C17H16FNO2/c18-15-7-14(8-16(19)9-15)17(20)21-10-11-4-5-12-2-1-3-13(12)6-11/h4-9H,1-3,10,19H2. The van der Waals surface area contributed by atoms with Crippen LogP contribution in [0.3, 0.4) is 0 Å².